The van der Waals surface area contributed by atoms with Crippen LogP contribution in [0.2, 0.25) is 0 Å². The maximum Gasteiger partial charge on any atom is 0.326 e. The molecule has 2 unspecified atom stereocenters. The molecule has 0 bridgehead atoms. The first kappa shape index (κ1) is 16.3. The van der Waals surface area contributed by atoms with E-state index in [0.29, 0.717) is 19.4 Å². The van der Waals surface area contributed by atoms with Crippen LogP contribution < -0.4 is 11.1 Å². The van der Waals surface area contributed by atoms with Crippen molar-refractivity contribution < 1.29 is 19.5 Å². The van der Waals surface area contributed by atoms with Gasteiger partial charge in [-0.25, -0.2) is 9.59 Å². The van der Waals surface area contributed by atoms with E-state index >= 15 is 0 Å². The number of urea groups is 1. The Labute approximate surface area is 118 Å². The van der Waals surface area contributed by atoms with Gasteiger partial charge in [0, 0.05) is 6.54 Å². The normalized spacial score (nSPS) is 21.9. The van der Waals surface area contributed by atoms with Gasteiger partial charge < -0.3 is 21.1 Å². The fourth-order valence-corrected chi connectivity index (χ4v) is 2.47. The summed E-state index contributed by atoms with van der Waals surface area (Å²) in [6.45, 7) is 4.14. The number of rotatable bonds is 5. The standard InChI is InChI=1S/C13H23N3O4/c1-3-8(2)10(15-13(14)20)11(17)16-7-5-4-6-9(16)12(18)19/h8-10H,3-7H2,1-2H3,(H,18,19)(H3,14,15,20)/t8?,9-,10?/m1/s1. The average Bonchev–Trinajstić information content (AvgIpc) is 2.42. The van der Waals surface area contributed by atoms with Gasteiger partial charge in [0.15, 0.2) is 0 Å². The molecule has 3 atom stereocenters. The van der Waals surface area contributed by atoms with Gasteiger partial charge in [-0.1, -0.05) is 20.3 Å². The number of primary amides is 1. The highest BCUT2D eigenvalue weighted by atomic mass is 16.4. The van der Waals surface area contributed by atoms with E-state index in [1.807, 2.05) is 13.8 Å². The number of carbonyl (C=O) groups excluding carboxylic acids is 2. The van der Waals surface area contributed by atoms with E-state index in [2.05, 4.69) is 5.32 Å². The minimum Gasteiger partial charge on any atom is -0.480 e. The molecule has 0 spiro atoms. The predicted molar refractivity (Wildman–Crippen MR) is 72.9 cm³/mol. The third-order valence-corrected chi connectivity index (χ3v) is 3.85. The van der Waals surface area contributed by atoms with E-state index in [1.54, 1.807) is 0 Å². The second kappa shape index (κ2) is 7.12. The molecule has 0 aliphatic carbocycles. The van der Waals surface area contributed by atoms with Crippen LogP contribution in [0.4, 0.5) is 4.79 Å². The molecule has 1 aliphatic heterocycles. The Bertz CT molecular complexity index is 382. The van der Waals surface area contributed by atoms with E-state index in [1.165, 1.54) is 4.90 Å². The van der Waals surface area contributed by atoms with Gasteiger partial charge in [0.2, 0.25) is 5.91 Å². The first-order valence-corrected chi connectivity index (χ1v) is 6.97. The molecule has 0 aromatic rings. The molecule has 1 aliphatic rings. The van der Waals surface area contributed by atoms with Crippen LogP contribution in [-0.4, -0.2) is 46.5 Å². The molecule has 1 saturated heterocycles. The van der Waals surface area contributed by atoms with Gasteiger partial charge in [-0.2, -0.15) is 0 Å². The van der Waals surface area contributed by atoms with Gasteiger partial charge in [-0.15, -0.1) is 0 Å². The third kappa shape index (κ3) is 3.85. The summed E-state index contributed by atoms with van der Waals surface area (Å²) < 4.78 is 0. The first-order chi connectivity index (χ1) is 9.38. The molecular weight excluding hydrogens is 262 g/mol. The highest BCUT2D eigenvalue weighted by molar-refractivity contribution is 5.90. The zero-order chi connectivity index (χ0) is 15.3. The quantitative estimate of drug-likeness (QED) is 0.684. The SMILES string of the molecule is CCC(C)C(NC(N)=O)C(=O)N1CCCC[C@@H]1C(=O)O. The molecule has 20 heavy (non-hydrogen) atoms. The lowest BCUT2D eigenvalue weighted by Crippen LogP contribution is -2.58. The number of carboxylic acid groups (broad SMARTS) is 1. The van der Waals surface area contributed by atoms with E-state index in [9.17, 15) is 19.5 Å². The monoisotopic (exact) mass is 285 g/mol. The lowest BCUT2D eigenvalue weighted by atomic mass is 9.95. The molecule has 114 valence electrons. The van der Waals surface area contributed by atoms with Gasteiger partial charge >= 0.3 is 12.0 Å². The third-order valence-electron chi connectivity index (χ3n) is 3.85. The van der Waals surface area contributed by atoms with Gasteiger partial charge in [0.25, 0.3) is 0 Å². The Morgan fingerprint density at radius 3 is 2.55 bits per heavy atom. The van der Waals surface area contributed by atoms with Crippen LogP contribution in [0.25, 0.3) is 0 Å². The van der Waals surface area contributed by atoms with Crippen molar-refractivity contribution in [3.05, 3.63) is 0 Å². The summed E-state index contributed by atoms with van der Waals surface area (Å²) in [6, 6.07) is -2.34. The second-order valence-corrected chi connectivity index (χ2v) is 5.25. The fourth-order valence-electron chi connectivity index (χ4n) is 2.47. The number of piperidine rings is 1. The van der Waals surface area contributed by atoms with Crippen molar-refractivity contribution in [1.29, 1.82) is 0 Å². The van der Waals surface area contributed by atoms with Crippen LogP contribution in [0.1, 0.15) is 39.5 Å². The Morgan fingerprint density at radius 1 is 1.40 bits per heavy atom. The Balaban J connectivity index is 2.90. The number of nitrogens with one attached hydrogen (secondary N) is 1. The number of nitrogens with two attached hydrogens (primary N) is 1. The molecule has 1 fully saturated rings. The summed E-state index contributed by atoms with van der Waals surface area (Å²) in [5.41, 5.74) is 5.11. The summed E-state index contributed by atoms with van der Waals surface area (Å²) >= 11 is 0. The van der Waals surface area contributed by atoms with Gasteiger partial charge in [-0.05, 0) is 25.2 Å². The Hall–Kier alpha value is -1.79. The fraction of sp³-hybridized carbons (Fsp3) is 0.769. The number of hydrogen-bond acceptors (Lipinski definition) is 3. The first-order valence-electron chi connectivity index (χ1n) is 6.97. The summed E-state index contributed by atoms with van der Waals surface area (Å²) in [6.07, 6.45) is 2.70. The van der Waals surface area contributed by atoms with E-state index in [4.69, 9.17) is 5.73 Å². The van der Waals surface area contributed by atoms with Gasteiger partial charge in [-0.3, -0.25) is 4.79 Å². The van der Waals surface area contributed by atoms with Crippen molar-refractivity contribution in [2.24, 2.45) is 11.7 Å². The number of hydrogen-bond donors (Lipinski definition) is 3. The Morgan fingerprint density at radius 2 is 2.05 bits per heavy atom. The van der Waals surface area contributed by atoms with Crippen molar-refractivity contribution in [1.82, 2.24) is 10.2 Å². The van der Waals surface area contributed by atoms with Crippen molar-refractivity contribution >= 4 is 17.9 Å². The number of nitrogens with zero attached hydrogens (tertiary/aromatic N) is 1. The summed E-state index contributed by atoms with van der Waals surface area (Å²) in [4.78, 5) is 36.2. The van der Waals surface area contributed by atoms with E-state index in [-0.39, 0.29) is 11.8 Å². The lowest BCUT2D eigenvalue weighted by molar-refractivity contribution is -0.153. The smallest absolute Gasteiger partial charge is 0.326 e. The largest absolute Gasteiger partial charge is 0.480 e. The molecule has 0 aromatic carbocycles. The second-order valence-electron chi connectivity index (χ2n) is 5.25. The van der Waals surface area contributed by atoms with Crippen molar-refractivity contribution in [3.63, 3.8) is 0 Å². The number of aliphatic carboxylic acids is 1. The van der Waals surface area contributed by atoms with Crippen molar-refractivity contribution in [2.75, 3.05) is 6.54 Å². The molecule has 0 aromatic heterocycles. The zero-order valence-corrected chi connectivity index (χ0v) is 12.0. The average molecular weight is 285 g/mol. The maximum atomic E-state index is 12.5. The summed E-state index contributed by atoms with van der Waals surface area (Å²) in [5.74, 6) is -1.46. The number of likely N-dealkylation sites (tertiary alicyclic amines) is 1. The molecule has 0 radical (unpaired) electrons. The highest BCUT2D eigenvalue weighted by Gasteiger charge is 2.37. The van der Waals surface area contributed by atoms with Gasteiger partial charge in [0.05, 0.1) is 0 Å². The number of carboxylic acids is 1. The van der Waals surface area contributed by atoms with Crippen LogP contribution >= 0.6 is 0 Å². The van der Waals surface area contributed by atoms with Crippen LogP contribution in [0.3, 0.4) is 0 Å². The van der Waals surface area contributed by atoms with Crippen LogP contribution in [-0.2, 0) is 9.59 Å². The Kier molecular flexibility index (Phi) is 5.79. The summed E-state index contributed by atoms with van der Waals surface area (Å²) in [7, 11) is 0. The predicted octanol–water partition coefficient (Wildman–Crippen LogP) is 0.535. The van der Waals surface area contributed by atoms with Crippen LogP contribution in [0.15, 0.2) is 0 Å². The molecule has 3 amide bonds. The van der Waals surface area contributed by atoms with Crippen molar-refractivity contribution in [3.8, 4) is 0 Å². The minimum absolute atomic E-state index is 0.105. The zero-order valence-electron chi connectivity index (χ0n) is 12.0. The molecule has 4 N–H and O–H groups in total. The van der Waals surface area contributed by atoms with Crippen molar-refractivity contribution in [2.45, 2.75) is 51.6 Å². The minimum atomic E-state index is -1.000. The van der Waals surface area contributed by atoms with E-state index < -0.39 is 24.1 Å². The molecule has 7 nitrogen and oxygen atoms in total. The van der Waals surface area contributed by atoms with E-state index in [0.717, 1.165) is 12.8 Å². The molecular formula is C13H23N3O4. The van der Waals surface area contributed by atoms with Gasteiger partial charge in [0.1, 0.15) is 12.1 Å². The molecule has 7 heteroatoms. The molecule has 1 rings (SSSR count). The number of amides is 3. The van der Waals surface area contributed by atoms with Crippen LogP contribution in [0, 0.1) is 5.92 Å². The molecule has 0 saturated carbocycles. The number of carbonyl (C=O) groups is 3. The maximum absolute atomic E-state index is 12.5. The topological polar surface area (TPSA) is 113 Å². The lowest BCUT2D eigenvalue weighted by Gasteiger charge is -2.36. The molecule has 1 heterocycles. The van der Waals surface area contributed by atoms with Crippen LogP contribution in [0.5, 0.6) is 0 Å². The highest BCUT2D eigenvalue weighted by Crippen LogP contribution is 2.20. The summed E-state index contributed by atoms with van der Waals surface area (Å²) in [5, 5.41) is 11.7.